The van der Waals surface area contributed by atoms with Gasteiger partial charge in [-0.25, -0.2) is 0 Å². The van der Waals surface area contributed by atoms with Crippen LogP contribution in [-0.4, -0.2) is 28.8 Å². The molecule has 0 aromatic carbocycles. The van der Waals surface area contributed by atoms with Gasteiger partial charge in [0, 0.05) is 19.3 Å². The molecule has 3 rings (SSSR count). The predicted molar refractivity (Wildman–Crippen MR) is 86.1 cm³/mol. The van der Waals surface area contributed by atoms with Gasteiger partial charge >= 0.3 is 0 Å². The largest absolute Gasteiger partial charge is 0.347 e. The van der Waals surface area contributed by atoms with Crippen molar-refractivity contribution in [1.29, 1.82) is 0 Å². The fraction of sp³-hybridized carbons (Fsp3) is 0.429. The van der Waals surface area contributed by atoms with Crippen LogP contribution in [0.2, 0.25) is 0 Å². The van der Waals surface area contributed by atoms with E-state index in [4.69, 9.17) is 0 Å². The quantitative estimate of drug-likeness (QED) is 0.905. The van der Waals surface area contributed by atoms with Crippen molar-refractivity contribution in [3.05, 3.63) is 40.3 Å². The molecular formula is C14H19ClN4OS. The minimum absolute atomic E-state index is 0. The molecule has 1 saturated heterocycles. The molecule has 3 heterocycles. The Morgan fingerprint density at radius 3 is 3.14 bits per heavy atom. The van der Waals surface area contributed by atoms with Crippen LogP contribution >= 0.6 is 23.7 Å². The molecule has 0 radical (unpaired) electrons. The van der Waals surface area contributed by atoms with Crippen molar-refractivity contribution in [2.24, 2.45) is 0 Å². The molecule has 1 fully saturated rings. The zero-order valence-electron chi connectivity index (χ0n) is 11.6. The standard InChI is InChI=1S/C14H18N4OS.ClH/c19-14(16-8-11-4-7-20-10-11)13-3-6-18(17-13)12-2-1-5-15-9-12;/h3-4,6-7,10,12,15H,1-2,5,8-9H2,(H,16,19);1H. The topological polar surface area (TPSA) is 59.0 Å². The number of aromatic nitrogens is 2. The number of rotatable bonds is 4. The lowest BCUT2D eigenvalue weighted by Crippen LogP contribution is -2.32. The summed E-state index contributed by atoms with van der Waals surface area (Å²) in [7, 11) is 0. The summed E-state index contributed by atoms with van der Waals surface area (Å²) in [5.74, 6) is -0.112. The van der Waals surface area contributed by atoms with E-state index in [9.17, 15) is 4.79 Å². The van der Waals surface area contributed by atoms with Crippen molar-refractivity contribution >= 4 is 29.7 Å². The lowest BCUT2D eigenvalue weighted by atomic mass is 10.1. The zero-order valence-corrected chi connectivity index (χ0v) is 13.3. The summed E-state index contributed by atoms with van der Waals surface area (Å²) in [6, 6.07) is 4.16. The van der Waals surface area contributed by atoms with Crippen LogP contribution in [0.25, 0.3) is 0 Å². The molecule has 0 spiro atoms. The molecule has 2 aromatic heterocycles. The SMILES string of the molecule is Cl.O=C(NCc1ccsc1)c1ccn(C2CCCNC2)n1. The molecule has 7 heteroatoms. The second-order valence-corrected chi connectivity index (χ2v) is 5.78. The third-order valence-electron chi connectivity index (χ3n) is 3.52. The maximum Gasteiger partial charge on any atom is 0.272 e. The zero-order chi connectivity index (χ0) is 13.8. The first kappa shape index (κ1) is 16.0. The smallest absolute Gasteiger partial charge is 0.272 e. The van der Waals surface area contributed by atoms with Gasteiger partial charge in [-0.1, -0.05) is 0 Å². The monoisotopic (exact) mass is 326 g/mol. The summed E-state index contributed by atoms with van der Waals surface area (Å²) in [5.41, 5.74) is 1.62. The van der Waals surface area contributed by atoms with Gasteiger partial charge in [0.25, 0.3) is 5.91 Å². The fourth-order valence-electron chi connectivity index (χ4n) is 2.39. The Labute approximate surface area is 134 Å². The summed E-state index contributed by atoms with van der Waals surface area (Å²) in [6.45, 7) is 2.56. The number of thiophene rings is 1. The molecule has 5 nitrogen and oxygen atoms in total. The molecule has 2 N–H and O–H groups in total. The van der Waals surface area contributed by atoms with E-state index in [1.807, 2.05) is 27.7 Å². The highest BCUT2D eigenvalue weighted by Gasteiger charge is 2.17. The fourth-order valence-corrected chi connectivity index (χ4v) is 3.06. The Bertz CT molecular complexity index is 563. The van der Waals surface area contributed by atoms with E-state index in [1.54, 1.807) is 17.4 Å². The second kappa shape index (κ2) is 7.59. The predicted octanol–water partition coefficient (Wildman–Crippen LogP) is 2.22. The molecule has 114 valence electrons. The first-order valence-electron chi connectivity index (χ1n) is 6.88. The molecule has 2 aromatic rings. The summed E-state index contributed by atoms with van der Waals surface area (Å²) in [6.07, 6.45) is 4.17. The minimum Gasteiger partial charge on any atom is -0.347 e. The van der Waals surface area contributed by atoms with Crippen LogP contribution in [0.5, 0.6) is 0 Å². The van der Waals surface area contributed by atoms with Crippen LogP contribution in [0.15, 0.2) is 29.1 Å². The number of nitrogens with zero attached hydrogens (tertiary/aromatic N) is 2. The Morgan fingerprint density at radius 2 is 2.43 bits per heavy atom. The Hall–Kier alpha value is -1.37. The number of hydrogen-bond acceptors (Lipinski definition) is 4. The van der Waals surface area contributed by atoms with E-state index in [-0.39, 0.29) is 18.3 Å². The maximum absolute atomic E-state index is 12.0. The van der Waals surface area contributed by atoms with Crippen LogP contribution < -0.4 is 10.6 Å². The number of amides is 1. The average molecular weight is 327 g/mol. The van der Waals surface area contributed by atoms with Gasteiger partial charge in [0.05, 0.1) is 6.04 Å². The Balaban J connectivity index is 0.00000161. The van der Waals surface area contributed by atoms with Crippen molar-refractivity contribution in [3.8, 4) is 0 Å². The van der Waals surface area contributed by atoms with Gasteiger partial charge in [-0.15, -0.1) is 12.4 Å². The average Bonchev–Trinajstić information content (AvgIpc) is 3.17. The summed E-state index contributed by atoms with van der Waals surface area (Å²) in [5, 5.41) is 14.7. The molecule has 1 aliphatic rings. The number of nitrogens with one attached hydrogen (secondary N) is 2. The van der Waals surface area contributed by atoms with Crippen molar-refractivity contribution in [3.63, 3.8) is 0 Å². The Kier molecular flexibility index (Phi) is 5.78. The molecule has 0 aliphatic carbocycles. The van der Waals surface area contributed by atoms with Crippen LogP contribution in [0, 0.1) is 0 Å². The van der Waals surface area contributed by atoms with E-state index >= 15 is 0 Å². The first-order valence-corrected chi connectivity index (χ1v) is 7.82. The van der Waals surface area contributed by atoms with Gasteiger partial charge in [-0.3, -0.25) is 9.48 Å². The van der Waals surface area contributed by atoms with Crippen LogP contribution in [0.1, 0.15) is 34.9 Å². The normalized spacial score (nSPS) is 18.0. The second-order valence-electron chi connectivity index (χ2n) is 5.00. The molecular weight excluding hydrogens is 308 g/mol. The van der Waals surface area contributed by atoms with E-state index in [2.05, 4.69) is 15.7 Å². The molecule has 1 amide bonds. The highest BCUT2D eigenvalue weighted by atomic mass is 35.5. The van der Waals surface area contributed by atoms with Gasteiger partial charge in [0.1, 0.15) is 5.69 Å². The molecule has 1 unspecified atom stereocenters. The van der Waals surface area contributed by atoms with Crippen molar-refractivity contribution < 1.29 is 4.79 Å². The summed E-state index contributed by atoms with van der Waals surface area (Å²) < 4.78 is 1.91. The summed E-state index contributed by atoms with van der Waals surface area (Å²) in [4.78, 5) is 12.0. The Morgan fingerprint density at radius 1 is 1.52 bits per heavy atom. The van der Waals surface area contributed by atoms with E-state index in [1.165, 1.54) is 0 Å². The molecule has 1 atom stereocenters. The van der Waals surface area contributed by atoms with E-state index < -0.39 is 0 Å². The van der Waals surface area contributed by atoms with Crippen LogP contribution in [0.4, 0.5) is 0 Å². The van der Waals surface area contributed by atoms with Gasteiger partial charge in [0.2, 0.25) is 0 Å². The van der Waals surface area contributed by atoms with Crippen molar-refractivity contribution in [2.75, 3.05) is 13.1 Å². The number of piperidine rings is 1. The van der Waals surface area contributed by atoms with Gasteiger partial charge < -0.3 is 10.6 Å². The number of hydrogen-bond donors (Lipinski definition) is 2. The van der Waals surface area contributed by atoms with Crippen molar-refractivity contribution in [2.45, 2.75) is 25.4 Å². The first-order chi connectivity index (χ1) is 9.83. The van der Waals surface area contributed by atoms with E-state index in [0.717, 1.165) is 31.5 Å². The summed E-state index contributed by atoms with van der Waals surface area (Å²) >= 11 is 1.63. The molecule has 1 aliphatic heterocycles. The maximum atomic E-state index is 12.0. The van der Waals surface area contributed by atoms with Gasteiger partial charge in [0.15, 0.2) is 0 Å². The number of carbonyl (C=O) groups excluding carboxylic acids is 1. The highest BCUT2D eigenvalue weighted by Crippen LogP contribution is 2.15. The lowest BCUT2D eigenvalue weighted by molar-refractivity contribution is 0.0944. The number of halogens is 1. The third kappa shape index (κ3) is 4.06. The van der Waals surface area contributed by atoms with Crippen LogP contribution in [-0.2, 0) is 6.54 Å². The number of carbonyl (C=O) groups is 1. The van der Waals surface area contributed by atoms with E-state index in [0.29, 0.717) is 18.3 Å². The third-order valence-corrected chi connectivity index (χ3v) is 4.25. The molecule has 0 saturated carbocycles. The van der Waals surface area contributed by atoms with Crippen molar-refractivity contribution in [1.82, 2.24) is 20.4 Å². The minimum atomic E-state index is -0.112. The lowest BCUT2D eigenvalue weighted by Gasteiger charge is -2.22. The van der Waals surface area contributed by atoms with Gasteiger partial charge in [-0.05, 0) is 47.8 Å². The molecule has 21 heavy (non-hydrogen) atoms. The highest BCUT2D eigenvalue weighted by molar-refractivity contribution is 7.07. The van der Waals surface area contributed by atoms with Crippen LogP contribution in [0.3, 0.4) is 0 Å². The molecule has 0 bridgehead atoms. The van der Waals surface area contributed by atoms with Gasteiger partial charge in [-0.2, -0.15) is 16.4 Å².